The highest BCUT2D eigenvalue weighted by molar-refractivity contribution is 6.32. The highest BCUT2D eigenvalue weighted by atomic mass is 35.5. The summed E-state index contributed by atoms with van der Waals surface area (Å²) in [6, 6.07) is 7.57. The average Bonchev–Trinajstić information content (AvgIpc) is 3.13. The van der Waals surface area contributed by atoms with E-state index in [1.54, 1.807) is 24.3 Å². The van der Waals surface area contributed by atoms with Crippen LogP contribution in [0.3, 0.4) is 0 Å². The number of nitrogens with two attached hydrogens (primary N) is 1. The summed E-state index contributed by atoms with van der Waals surface area (Å²) in [5.41, 5.74) is 6.88. The molecule has 1 amide bonds. The number of nitrogens with zero attached hydrogens (tertiary/aromatic N) is 5. The van der Waals surface area contributed by atoms with Crippen molar-refractivity contribution in [3.05, 3.63) is 59.0 Å². The Morgan fingerprint density at radius 2 is 1.80 bits per heavy atom. The fourth-order valence-corrected chi connectivity index (χ4v) is 6.18. The minimum atomic E-state index is -0.813. The third-order valence-electron chi connectivity index (χ3n) is 8.99. The molecule has 1 aromatic heterocycles. The van der Waals surface area contributed by atoms with Gasteiger partial charge in [0.1, 0.15) is 23.5 Å². The summed E-state index contributed by atoms with van der Waals surface area (Å²) in [6.07, 6.45) is 2.29. The zero-order valence-corrected chi connectivity index (χ0v) is 27.8. The number of aromatic nitrogens is 2. The molecule has 0 unspecified atom stereocenters. The SMILES string of the molecule is C[C@@H]1CN(CCNC(=O)c2ccc(-c3c(F)cc(N4CCN(C)C(C)(C)CC4)c(Nc4ncnc(Cl)c4N)c3F)cc2)C[C@H](C)O1. The van der Waals surface area contributed by atoms with Crippen LogP contribution in [-0.2, 0) is 4.74 Å². The number of hydrogen-bond donors (Lipinski definition) is 3. The lowest BCUT2D eigenvalue weighted by Gasteiger charge is -2.35. The second kappa shape index (κ2) is 14.0. The van der Waals surface area contributed by atoms with Gasteiger partial charge in [0, 0.05) is 63.0 Å². The molecule has 3 aromatic rings. The number of morpholine rings is 1. The van der Waals surface area contributed by atoms with Crippen LogP contribution in [0.1, 0.15) is 44.5 Å². The minimum absolute atomic E-state index is 0.0165. The fourth-order valence-electron chi connectivity index (χ4n) is 6.04. The number of anilines is 4. The Balaban J connectivity index is 1.41. The maximum absolute atomic E-state index is 16.6. The molecule has 0 aliphatic carbocycles. The lowest BCUT2D eigenvalue weighted by Crippen LogP contribution is -2.47. The van der Waals surface area contributed by atoms with Crippen molar-refractivity contribution >= 4 is 40.4 Å². The van der Waals surface area contributed by atoms with E-state index in [0.717, 1.165) is 19.5 Å². The van der Waals surface area contributed by atoms with Crippen LogP contribution in [0.2, 0.25) is 5.15 Å². The van der Waals surface area contributed by atoms with Gasteiger partial charge in [0.25, 0.3) is 5.91 Å². The van der Waals surface area contributed by atoms with Gasteiger partial charge in [0.2, 0.25) is 0 Å². The van der Waals surface area contributed by atoms with Gasteiger partial charge >= 0.3 is 0 Å². The smallest absolute Gasteiger partial charge is 0.251 e. The Kier molecular flexibility index (Phi) is 10.3. The summed E-state index contributed by atoms with van der Waals surface area (Å²) in [4.78, 5) is 27.4. The summed E-state index contributed by atoms with van der Waals surface area (Å²) in [5, 5.41) is 5.94. The van der Waals surface area contributed by atoms with Crippen LogP contribution in [-0.4, -0.2) is 96.3 Å². The number of likely N-dealkylation sites (N-methyl/N-ethyl adjacent to an activating group) is 1. The van der Waals surface area contributed by atoms with Gasteiger partial charge in [-0.25, -0.2) is 18.7 Å². The van der Waals surface area contributed by atoms with Crippen LogP contribution in [0.15, 0.2) is 36.7 Å². The average molecular weight is 657 g/mol. The van der Waals surface area contributed by atoms with E-state index >= 15 is 8.78 Å². The van der Waals surface area contributed by atoms with Crippen molar-refractivity contribution < 1.29 is 18.3 Å². The van der Waals surface area contributed by atoms with Crippen molar-refractivity contribution in [2.24, 2.45) is 0 Å². The highest BCUT2D eigenvalue weighted by Crippen LogP contribution is 2.41. The number of amides is 1. The Morgan fingerprint density at radius 3 is 2.50 bits per heavy atom. The van der Waals surface area contributed by atoms with Crippen LogP contribution >= 0.6 is 11.6 Å². The maximum Gasteiger partial charge on any atom is 0.251 e. The number of nitrogen functional groups attached to an aromatic ring is 1. The number of halogens is 3. The predicted octanol–water partition coefficient (Wildman–Crippen LogP) is 5.16. The van der Waals surface area contributed by atoms with E-state index in [-0.39, 0.29) is 57.1 Å². The lowest BCUT2D eigenvalue weighted by molar-refractivity contribution is -0.0672. The van der Waals surface area contributed by atoms with Crippen molar-refractivity contribution in [1.29, 1.82) is 0 Å². The molecule has 3 heterocycles. The molecule has 248 valence electrons. The van der Waals surface area contributed by atoms with E-state index in [1.807, 2.05) is 25.8 Å². The van der Waals surface area contributed by atoms with Gasteiger partial charge in [-0.05, 0) is 58.9 Å². The van der Waals surface area contributed by atoms with Crippen molar-refractivity contribution in [3.63, 3.8) is 0 Å². The molecular weight excluding hydrogens is 614 g/mol. The minimum Gasteiger partial charge on any atom is -0.393 e. The van der Waals surface area contributed by atoms with Gasteiger partial charge in [0.05, 0.1) is 23.5 Å². The lowest BCUT2D eigenvalue weighted by atomic mass is 9.98. The standard InChI is InChI=1S/C33H43ClF2N8O2/c1-20-17-43(18-21(2)46-20)13-11-38-32(45)23-8-6-22(7-9-23)26-24(35)16-25(44-12-10-33(3,4)42(5)14-15-44)29(27(26)36)41-31-28(37)30(34)39-19-40-31/h6-9,16,19-21H,10-15,17-18,37H2,1-5H3,(H,38,45)(H,39,40,41)/t20-,21+. The summed E-state index contributed by atoms with van der Waals surface area (Å²) in [7, 11) is 2.05. The first-order valence-electron chi connectivity index (χ1n) is 15.6. The molecule has 2 fully saturated rings. The Bertz CT molecular complexity index is 1550. The zero-order valence-electron chi connectivity index (χ0n) is 27.0. The van der Waals surface area contributed by atoms with E-state index in [4.69, 9.17) is 22.1 Å². The number of benzene rings is 2. The van der Waals surface area contributed by atoms with Crippen LogP contribution in [0.25, 0.3) is 11.1 Å². The summed E-state index contributed by atoms with van der Waals surface area (Å²) < 4.78 is 38.3. The molecule has 10 nitrogen and oxygen atoms in total. The van der Waals surface area contributed by atoms with Gasteiger partial charge in [-0.1, -0.05) is 23.7 Å². The monoisotopic (exact) mass is 656 g/mol. The molecule has 0 bridgehead atoms. The third-order valence-corrected chi connectivity index (χ3v) is 9.29. The first kappa shape index (κ1) is 33.8. The number of carbonyl (C=O) groups is 1. The van der Waals surface area contributed by atoms with Crippen LogP contribution in [0.5, 0.6) is 0 Å². The molecule has 0 saturated carbocycles. The zero-order chi connectivity index (χ0) is 33.2. The summed E-state index contributed by atoms with van der Waals surface area (Å²) >= 11 is 6.13. The molecule has 2 aromatic carbocycles. The van der Waals surface area contributed by atoms with Gasteiger partial charge in [-0.15, -0.1) is 0 Å². The van der Waals surface area contributed by atoms with E-state index in [9.17, 15) is 4.79 Å². The van der Waals surface area contributed by atoms with Crippen molar-refractivity contribution in [1.82, 2.24) is 25.1 Å². The van der Waals surface area contributed by atoms with Crippen molar-refractivity contribution in [3.8, 4) is 11.1 Å². The quantitative estimate of drug-likeness (QED) is 0.283. The molecule has 13 heteroatoms. The first-order chi connectivity index (χ1) is 21.8. The number of hydrogen-bond acceptors (Lipinski definition) is 9. The van der Waals surface area contributed by atoms with Crippen LogP contribution in [0, 0.1) is 11.6 Å². The predicted molar refractivity (Wildman–Crippen MR) is 179 cm³/mol. The number of carbonyl (C=O) groups excluding carboxylic acids is 1. The molecule has 5 rings (SSSR count). The molecule has 0 radical (unpaired) electrons. The van der Waals surface area contributed by atoms with Crippen molar-refractivity contribution in [2.45, 2.75) is 51.9 Å². The third kappa shape index (κ3) is 7.52. The van der Waals surface area contributed by atoms with Crippen molar-refractivity contribution in [2.75, 3.05) is 68.8 Å². The van der Waals surface area contributed by atoms with E-state index < -0.39 is 11.6 Å². The van der Waals surface area contributed by atoms with E-state index in [2.05, 4.69) is 44.2 Å². The second-order valence-electron chi connectivity index (χ2n) is 12.8. The Morgan fingerprint density at radius 1 is 1.11 bits per heavy atom. The highest BCUT2D eigenvalue weighted by Gasteiger charge is 2.31. The van der Waals surface area contributed by atoms with Gasteiger partial charge in [0.15, 0.2) is 16.8 Å². The molecular formula is C33H43ClF2N8O2. The molecule has 0 spiro atoms. The first-order valence-corrected chi connectivity index (χ1v) is 16.0. The molecule has 4 N–H and O–H groups in total. The topological polar surface area (TPSA) is 112 Å². The fraction of sp³-hybridized carbons (Fsp3) is 0.485. The second-order valence-corrected chi connectivity index (χ2v) is 13.2. The van der Waals surface area contributed by atoms with Crippen LogP contribution in [0.4, 0.5) is 31.7 Å². The number of nitrogens with one attached hydrogen (secondary N) is 2. The normalized spacial score (nSPS) is 20.7. The number of ether oxygens (including phenoxy) is 1. The number of rotatable bonds is 8. The molecule has 2 aliphatic heterocycles. The largest absolute Gasteiger partial charge is 0.393 e. The molecule has 2 saturated heterocycles. The van der Waals surface area contributed by atoms with Gasteiger partial charge in [-0.2, -0.15) is 0 Å². The molecule has 46 heavy (non-hydrogen) atoms. The van der Waals surface area contributed by atoms with Gasteiger partial charge < -0.3 is 26.0 Å². The van der Waals surface area contributed by atoms with Crippen LogP contribution < -0.4 is 21.3 Å². The van der Waals surface area contributed by atoms with Gasteiger partial charge in [-0.3, -0.25) is 14.6 Å². The van der Waals surface area contributed by atoms with E-state index in [1.165, 1.54) is 12.4 Å². The summed E-state index contributed by atoms with van der Waals surface area (Å²) in [5.74, 6) is -1.69. The Labute approximate surface area is 274 Å². The Hall–Kier alpha value is -3.58. The molecule has 2 aliphatic rings. The summed E-state index contributed by atoms with van der Waals surface area (Å²) in [6.45, 7) is 13.0. The molecule has 2 atom stereocenters. The maximum atomic E-state index is 16.6. The van der Waals surface area contributed by atoms with E-state index in [0.29, 0.717) is 44.0 Å².